The molecule has 2 heterocycles. The van der Waals surface area contributed by atoms with Crippen LogP contribution in [0.3, 0.4) is 0 Å². The van der Waals surface area contributed by atoms with Crippen molar-refractivity contribution in [3.8, 4) is 0 Å². The van der Waals surface area contributed by atoms with Gasteiger partial charge in [-0.1, -0.05) is 0 Å². The molecule has 1 fully saturated rings. The van der Waals surface area contributed by atoms with Crippen molar-refractivity contribution in [2.45, 2.75) is 20.3 Å². The highest BCUT2D eigenvalue weighted by atomic mass is 16.5. The van der Waals surface area contributed by atoms with Crippen LogP contribution >= 0.6 is 0 Å². The number of carbonyl (C=O) groups is 2. The van der Waals surface area contributed by atoms with Crippen LogP contribution in [0.15, 0.2) is 12.3 Å². The Hall–Kier alpha value is -2.31. The van der Waals surface area contributed by atoms with Gasteiger partial charge in [0.05, 0.1) is 23.9 Å². The van der Waals surface area contributed by atoms with Crippen molar-refractivity contribution in [1.29, 1.82) is 0 Å². The van der Waals surface area contributed by atoms with E-state index in [4.69, 9.17) is 16.2 Å². The molecule has 114 valence electrons. The number of hydrogen-bond donors (Lipinski definition) is 2. The number of nitrogens with two attached hydrogens (primary N) is 2. The molecular formula is C14H20N4O3. The second kappa shape index (κ2) is 5.59. The molecule has 1 atom stereocenters. The van der Waals surface area contributed by atoms with Gasteiger partial charge in [0, 0.05) is 13.1 Å². The van der Waals surface area contributed by atoms with Gasteiger partial charge in [-0.05, 0) is 26.3 Å². The molecule has 1 aromatic heterocycles. The summed E-state index contributed by atoms with van der Waals surface area (Å²) in [6.07, 6.45) is 2.11. The number of nitrogen functional groups attached to an aromatic ring is 1. The summed E-state index contributed by atoms with van der Waals surface area (Å²) in [6.45, 7) is 4.84. The van der Waals surface area contributed by atoms with E-state index in [0.29, 0.717) is 36.6 Å². The van der Waals surface area contributed by atoms with Crippen LogP contribution < -0.4 is 16.4 Å². The Kier molecular flexibility index (Phi) is 4.02. The fraction of sp³-hybridized carbons (Fsp3) is 0.500. The van der Waals surface area contributed by atoms with Gasteiger partial charge in [-0.2, -0.15) is 0 Å². The minimum atomic E-state index is -0.616. The third-order valence-corrected chi connectivity index (χ3v) is 3.75. The average Bonchev–Trinajstić information content (AvgIpc) is 2.83. The zero-order chi connectivity index (χ0) is 15.6. The standard InChI is InChI=1S/C14H20N4O3/c1-3-21-12(19)10-6-9(15)7-17-11(10)18-5-4-14(2,8-18)13(16)20/h6-7H,3-5,8,15H2,1-2H3,(H2,16,20). The van der Waals surface area contributed by atoms with Gasteiger partial charge in [0.25, 0.3) is 0 Å². The number of aromatic nitrogens is 1. The lowest BCUT2D eigenvalue weighted by Crippen LogP contribution is -2.37. The minimum absolute atomic E-state index is 0.270. The third-order valence-electron chi connectivity index (χ3n) is 3.75. The number of rotatable bonds is 4. The predicted octanol–water partition coefficient (Wildman–Crippen LogP) is 0.542. The SMILES string of the molecule is CCOC(=O)c1cc(N)cnc1N1CCC(C)(C(N)=O)C1. The van der Waals surface area contributed by atoms with E-state index >= 15 is 0 Å². The highest BCUT2D eigenvalue weighted by molar-refractivity contribution is 5.96. The van der Waals surface area contributed by atoms with Gasteiger partial charge < -0.3 is 21.1 Å². The van der Waals surface area contributed by atoms with Crippen molar-refractivity contribution >= 4 is 23.4 Å². The Morgan fingerprint density at radius 2 is 2.24 bits per heavy atom. The number of ether oxygens (including phenoxy) is 1. The van der Waals surface area contributed by atoms with E-state index in [1.807, 2.05) is 11.8 Å². The number of pyridine rings is 1. The van der Waals surface area contributed by atoms with Crippen LogP contribution in [0.4, 0.5) is 11.5 Å². The summed E-state index contributed by atoms with van der Waals surface area (Å²) in [4.78, 5) is 29.7. The molecule has 0 spiro atoms. The van der Waals surface area contributed by atoms with Crippen LogP contribution in [0.5, 0.6) is 0 Å². The van der Waals surface area contributed by atoms with Crippen molar-refractivity contribution in [2.75, 3.05) is 30.3 Å². The molecule has 7 nitrogen and oxygen atoms in total. The maximum atomic E-state index is 12.0. The Morgan fingerprint density at radius 1 is 1.52 bits per heavy atom. The van der Waals surface area contributed by atoms with E-state index in [0.717, 1.165) is 0 Å². The molecule has 21 heavy (non-hydrogen) atoms. The van der Waals surface area contributed by atoms with Crippen LogP contribution in [0.25, 0.3) is 0 Å². The first-order chi connectivity index (χ1) is 9.87. The molecule has 0 aliphatic carbocycles. The van der Waals surface area contributed by atoms with E-state index in [9.17, 15) is 9.59 Å². The van der Waals surface area contributed by atoms with Gasteiger partial charge in [0.15, 0.2) is 0 Å². The Balaban J connectivity index is 2.32. The first-order valence-corrected chi connectivity index (χ1v) is 6.85. The molecular weight excluding hydrogens is 272 g/mol. The van der Waals surface area contributed by atoms with E-state index in [1.54, 1.807) is 13.0 Å². The summed E-state index contributed by atoms with van der Waals surface area (Å²) in [6, 6.07) is 1.54. The largest absolute Gasteiger partial charge is 0.462 e. The number of anilines is 2. The lowest BCUT2D eigenvalue weighted by molar-refractivity contribution is -0.125. The zero-order valence-corrected chi connectivity index (χ0v) is 12.3. The monoisotopic (exact) mass is 292 g/mol. The molecule has 1 amide bonds. The first kappa shape index (κ1) is 15.1. The Labute approximate surface area is 123 Å². The number of esters is 1. The highest BCUT2D eigenvalue weighted by Crippen LogP contribution is 2.34. The van der Waals surface area contributed by atoms with Crippen molar-refractivity contribution < 1.29 is 14.3 Å². The Morgan fingerprint density at radius 3 is 2.81 bits per heavy atom. The maximum absolute atomic E-state index is 12.0. The van der Waals surface area contributed by atoms with E-state index in [1.165, 1.54) is 6.20 Å². The van der Waals surface area contributed by atoms with E-state index < -0.39 is 11.4 Å². The van der Waals surface area contributed by atoms with Crippen LogP contribution in [0.1, 0.15) is 30.6 Å². The van der Waals surface area contributed by atoms with Crippen LogP contribution in [0, 0.1) is 5.41 Å². The minimum Gasteiger partial charge on any atom is -0.462 e. The maximum Gasteiger partial charge on any atom is 0.341 e. The van der Waals surface area contributed by atoms with Crippen LogP contribution in [0.2, 0.25) is 0 Å². The number of carbonyl (C=O) groups excluding carboxylic acids is 2. The van der Waals surface area contributed by atoms with Gasteiger partial charge in [-0.15, -0.1) is 0 Å². The summed E-state index contributed by atoms with van der Waals surface area (Å²) in [5, 5.41) is 0. The summed E-state index contributed by atoms with van der Waals surface area (Å²) in [5.74, 6) is -0.342. The Bertz CT molecular complexity index is 575. The lowest BCUT2D eigenvalue weighted by atomic mass is 9.89. The molecule has 1 aromatic rings. The number of primary amides is 1. The molecule has 1 unspecified atom stereocenters. The van der Waals surface area contributed by atoms with Crippen molar-refractivity contribution in [2.24, 2.45) is 11.1 Å². The van der Waals surface area contributed by atoms with Gasteiger partial charge in [-0.25, -0.2) is 9.78 Å². The van der Waals surface area contributed by atoms with Crippen molar-refractivity contribution in [3.05, 3.63) is 17.8 Å². The topological polar surface area (TPSA) is 112 Å². The second-order valence-corrected chi connectivity index (χ2v) is 5.46. The zero-order valence-electron chi connectivity index (χ0n) is 12.3. The van der Waals surface area contributed by atoms with E-state index in [2.05, 4.69) is 4.98 Å². The van der Waals surface area contributed by atoms with Crippen molar-refractivity contribution in [3.63, 3.8) is 0 Å². The van der Waals surface area contributed by atoms with Gasteiger partial charge in [0.1, 0.15) is 11.4 Å². The van der Waals surface area contributed by atoms with Crippen molar-refractivity contribution in [1.82, 2.24) is 4.98 Å². The molecule has 0 bridgehead atoms. The van der Waals surface area contributed by atoms with Gasteiger partial charge in [-0.3, -0.25) is 4.79 Å². The second-order valence-electron chi connectivity index (χ2n) is 5.46. The summed E-state index contributed by atoms with van der Waals surface area (Å²) in [7, 11) is 0. The fourth-order valence-electron chi connectivity index (χ4n) is 2.43. The molecule has 4 N–H and O–H groups in total. The molecule has 0 aromatic carbocycles. The van der Waals surface area contributed by atoms with E-state index in [-0.39, 0.29) is 12.5 Å². The third kappa shape index (κ3) is 2.91. The average molecular weight is 292 g/mol. The quantitative estimate of drug-likeness (QED) is 0.783. The van der Waals surface area contributed by atoms with Crippen LogP contribution in [-0.2, 0) is 9.53 Å². The summed E-state index contributed by atoms with van der Waals surface area (Å²) < 4.78 is 5.03. The van der Waals surface area contributed by atoms with Gasteiger partial charge >= 0.3 is 5.97 Å². The smallest absolute Gasteiger partial charge is 0.341 e. The molecule has 0 radical (unpaired) electrons. The highest BCUT2D eigenvalue weighted by Gasteiger charge is 2.40. The summed E-state index contributed by atoms with van der Waals surface area (Å²) >= 11 is 0. The number of nitrogens with zero attached hydrogens (tertiary/aromatic N) is 2. The molecule has 0 saturated carbocycles. The normalized spacial score (nSPS) is 21.3. The predicted molar refractivity (Wildman–Crippen MR) is 78.7 cm³/mol. The number of amides is 1. The number of hydrogen-bond acceptors (Lipinski definition) is 6. The summed E-state index contributed by atoms with van der Waals surface area (Å²) in [5.41, 5.74) is 11.2. The molecule has 1 aliphatic rings. The van der Waals surface area contributed by atoms with Gasteiger partial charge in [0.2, 0.25) is 5.91 Å². The lowest BCUT2D eigenvalue weighted by Gasteiger charge is -2.23. The molecule has 7 heteroatoms. The molecule has 1 saturated heterocycles. The molecule has 2 rings (SSSR count). The molecule has 1 aliphatic heterocycles. The fourth-order valence-corrected chi connectivity index (χ4v) is 2.43. The van der Waals surface area contributed by atoms with Crippen LogP contribution in [-0.4, -0.2) is 36.6 Å². The first-order valence-electron chi connectivity index (χ1n) is 6.85.